The lowest BCUT2D eigenvalue weighted by Crippen LogP contribution is -1.87. The first-order chi connectivity index (χ1) is 7.81. The summed E-state index contributed by atoms with van der Waals surface area (Å²) in [6.07, 6.45) is 2.14. The van der Waals surface area contributed by atoms with E-state index in [9.17, 15) is 0 Å². The van der Waals surface area contributed by atoms with Crippen molar-refractivity contribution in [2.24, 2.45) is 0 Å². The minimum Gasteiger partial charge on any atom is -0.0792 e. The second kappa shape index (κ2) is 4.80. The Morgan fingerprint density at radius 2 is 1.62 bits per heavy atom. The average Bonchev–Trinajstić information content (AvgIpc) is 2.31. The van der Waals surface area contributed by atoms with E-state index in [1.165, 1.54) is 16.7 Å². The van der Waals surface area contributed by atoms with Gasteiger partial charge in [-0.05, 0) is 36.1 Å². The fourth-order valence-corrected chi connectivity index (χ4v) is 1.86. The molecule has 0 bridgehead atoms. The lowest BCUT2D eigenvalue weighted by Gasteiger charge is -2.08. The van der Waals surface area contributed by atoms with E-state index in [1.807, 2.05) is 18.2 Å². The van der Waals surface area contributed by atoms with Gasteiger partial charge >= 0.3 is 0 Å². The molecule has 16 heavy (non-hydrogen) atoms. The molecule has 79 valence electrons. The van der Waals surface area contributed by atoms with Crippen LogP contribution in [0.1, 0.15) is 23.6 Å². The number of rotatable bonds is 2. The van der Waals surface area contributed by atoms with Gasteiger partial charge in [0.1, 0.15) is 0 Å². The fraction of sp³-hybridized carbons (Fsp3) is 0.0625. The van der Waals surface area contributed by atoms with Crippen LogP contribution in [-0.4, -0.2) is 0 Å². The number of hydrogen-bond donors (Lipinski definition) is 0. The predicted molar refractivity (Wildman–Crippen MR) is 70.1 cm³/mol. The van der Waals surface area contributed by atoms with Gasteiger partial charge in [0, 0.05) is 0 Å². The van der Waals surface area contributed by atoms with E-state index in [4.69, 9.17) is 0 Å². The fourth-order valence-electron chi connectivity index (χ4n) is 1.86. The molecule has 0 aliphatic rings. The van der Waals surface area contributed by atoms with E-state index in [2.05, 4.69) is 56.3 Å². The first-order valence-corrected chi connectivity index (χ1v) is 5.45. The minimum atomic E-state index is 1.05. The van der Waals surface area contributed by atoms with E-state index in [0.29, 0.717) is 0 Å². The molecule has 0 spiro atoms. The van der Waals surface area contributed by atoms with E-state index in [1.54, 1.807) is 0 Å². The maximum absolute atomic E-state index is 3.96. The molecule has 2 aromatic carbocycles. The first kappa shape index (κ1) is 10.7. The highest BCUT2D eigenvalue weighted by atomic mass is 14.1. The summed E-state index contributed by atoms with van der Waals surface area (Å²) < 4.78 is 0. The molecule has 0 unspecified atom stereocenters. The lowest BCUT2D eigenvalue weighted by atomic mass is 9.97. The summed E-state index contributed by atoms with van der Waals surface area (Å²) in [5, 5.41) is 0. The standard InChI is InChI=1S/C16H15/c1-3-16(14-9-5-4-6-10-14)15-11-7-8-13(2)12-15/h3-12H,2H2,1H3/b16-3-. The van der Waals surface area contributed by atoms with E-state index in [-0.39, 0.29) is 0 Å². The molecule has 0 atom stereocenters. The van der Waals surface area contributed by atoms with Gasteiger partial charge in [-0.1, -0.05) is 60.7 Å². The minimum absolute atomic E-state index is 1.05. The molecule has 0 N–H and O–H groups in total. The van der Waals surface area contributed by atoms with Crippen LogP contribution in [0.3, 0.4) is 0 Å². The molecule has 0 fully saturated rings. The van der Waals surface area contributed by atoms with Crippen LogP contribution < -0.4 is 0 Å². The van der Waals surface area contributed by atoms with Crippen LogP contribution in [0.25, 0.3) is 5.57 Å². The maximum Gasteiger partial charge on any atom is -0.0154 e. The molecule has 0 saturated heterocycles. The summed E-state index contributed by atoms with van der Waals surface area (Å²) in [7, 11) is 0. The maximum atomic E-state index is 3.96. The van der Waals surface area contributed by atoms with Crippen LogP contribution in [0, 0.1) is 6.92 Å². The van der Waals surface area contributed by atoms with Crippen LogP contribution in [0.2, 0.25) is 0 Å². The van der Waals surface area contributed by atoms with Gasteiger partial charge < -0.3 is 0 Å². The second-order valence-corrected chi connectivity index (χ2v) is 3.77. The Morgan fingerprint density at radius 1 is 0.938 bits per heavy atom. The molecule has 1 radical (unpaired) electrons. The smallest absolute Gasteiger partial charge is 0.0154 e. The average molecular weight is 207 g/mol. The molecular weight excluding hydrogens is 192 g/mol. The van der Waals surface area contributed by atoms with Gasteiger partial charge in [0.15, 0.2) is 0 Å². The van der Waals surface area contributed by atoms with Crippen molar-refractivity contribution in [3.8, 4) is 0 Å². The third-order valence-electron chi connectivity index (χ3n) is 2.61. The monoisotopic (exact) mass is 207 g/mol. The Morgan fingerprint density at radius 3 is 2.25 bits per heavy atom. The third kappa shape index (κ3) is 2.22. The zero-order valence-electron chi connectivity index (χ0n) is 9.48. The molecule has 2 aromatic rings. The quantitative estimate of drug-likeness (QED) is 0.688. The van der Waals surface area contributed by atoms with Crippen molar-refractivity contribution < 1.29 is 0 Å². The zero-order valence-corrected chi connectivity index (χ0v) is 9.48. The Hall–Kier alpha value is -1.82. The molecule has 0 saturated carbocycles. The molecule has 0 aliphatic carbocycles. The van der Waals surface area contributed by atoms with Gasteiger partial charge in [-0.15, -0.1) is 0 Å². The van der Waals surface area contributed by atoms with Crippen molar-refractivity contribution in [1.82, 2.24) is 0 Å². The molecule has 0 heterocycles. The van der Waals surface area contributed by atoms with E-state index >= 15 is 0 Å². The first-order valence-electron chi connectivity index (χ1n) is 5.45. The zero-order chi connectivity index (χ0) is 11.4. The van der Waals surface area contributed by atoms with Gasteiger partial charge in [-0.2, -0.15) is 0 Å². The molecule has 2 rings (SSSR count). The summed E-state index contributed by atoms with van der Waals surface area (Å²) in [6, 6.07) is 18.7. The van der Waals surface area contributed by atoms with E-state index < -0.39 is 0 Å². The van der Waals surface area contributed by atoms with Crippen molar-refractivity contribution in [3.63, 3.8) is 0 Å². The largest absolute Gasteiger partial charge is 0.0792 e. The highest BCUT2D eigenvalue weighted by molar-refractivity contribution is 5.79. The van der Waals surface area contributed by atoms with Crippen molar-refractivity contribution in [2.45, 2.75) is 6.92 Å². The van der Waals surface area contributed by atoms with Crippen molar-refractivity contribution >= 4 is 5.57 Å². The predicted octanol–water partition coefficient (Wildman–Crippen LogP) is 4.32. The lowest BCUT2D eigenvalue weighted by molar-refractivity contribution is 1.50. The van der Waals surface area contributed by atoms with Gasteiger partial charge in [0.2, 0.25) is 0 Å². The van der Waals surface area contributed by atoms with Crippen LogP contribution in [0.15, 0.2) is 60.7 Å². The van der Waals surface area contributed by atoms with Crippen LogP contribution >= 0.6 is 0 Å². The summed E-state index contributed by atoms with van der Waals surface area (Å²) in [6.45, 7) is 6.03. The Balaban J connectivity index is 2.46. The Bertz CT molecular complexity index is 492. The molecule has 0 aliphatic heterocycles. The van der Waals surface area contributed by atoms with Crippen molar-refractivity contribution in [2.75, 3.05) is 0 Å². The molecule has 0 nitrogen and oxygen atoms in total. The number of benzene rings is 2. The molecular formula is C16H15. The summed E-state index contributed by atoms with van der Waals surface area (Å²) >= 11 is 0. The van der Waals surface area contributed by atoms with Gasteiger partial charge in [-0.25, -0.2) is 0 Å². The molecule has 0 amide bonds. The Labute approximate surface area is 97.3 Å². The van der Waals surface area contributed by atoms with Crippen LogP contribution in [0.5, 0.6) is 0 Å². The summed E-state index contributed by atoms with van der Waals surface area (Å²) in [5.74, 6) is 0. The van der Waals surface area contributed by atoms with E-state index in [0.717, 1.165) is 5.56 Å². The van der Waals surface area contributed by atoms with Gasteiger partial charge in [-0.3, -0.25) is 0 Å². The number of allylic oxidation sites excluding steroid dienone is 1. The highest BCUT2D eigenvalue weighted by Gasteiger charge is 2.02. The van der Waals surface area contributed by atoms with Crippen molar-refractivity contribution in [3.05, 3.63) is 84.3 Å². The Kier molecular flexibility index (Phi) is 3.21. The normalized spacial score (nSPS) is 11.5. The second-order valence-electron chi connectivity index (χ2n) is 3.77. The van der Waals surface area contributed by atoms with Crippen LogP contribution in [-0.2, 0) is 0 Å². The SMILES string of the molecule is [CH2]c1cccc(/C(=C\C)c2ccccc2)c1. The summed E-state index contributed by atoms with van der Waals surface area (Å²) in [4.78, 5) is 0. The van der Waals surface area contributed by atoms with Gasteiger partial charge in [0.05, 0.1) is 0 Å². The van der Waals surface area contributed by atoms with Crippen molar-refractivity contribution in [1.29, 1.82) is 0 Å². The third-order valence-corrected chi connectivity index (χ3v) is 2.61. The number of hydrogen-bond acceptors (Lipinski definition) is 0. The molecule has 0 heteroatoms. The van der Waals surface area contributed by atoms with Gasteiger partial charge in [0.25, 0.3) is 0 Å². The topological polar surface area (TPSA) is 0 Å². The molecule has 0 aromatic heterocycles. The highest BCUT2D eigenvalue weighted by Crippen LogP contribution is 2.23. The van der Waals surface area contributed by atoms with Crippen LogP contribution in [0.4, 0.5) is 0 Å². The summed E-state index contributed by atoms with van der Waals surface area (Å²) in [5.41, 5.74) is 4.77.